The molecule has 0 aromatic carbocycles. The van der Waals surface area contributed by atoms with Gasteiger partial charge in [-0.05, 0) is 40.9 Å². The summed E-state index contributed by atoms with van der Waals surface area (Å²) in [5, 5.41) is 6.44. The maximum absolute atomic E-state index is 12.0. The van der Waals surface area contributed by atoms with E-state index in [0.29, 0.717) is 19.6 Å². The van der Waals surface area contributed by atoms with E-state index in [9.17, 15) is 4.79 Å². The normalized spacial score (nSPS) is 11.5. The maximum atomic E-state index is 12.0. The van der Waals surface area contributed by atoms with Crippen molar-refractivity contribution >= 4 is 47.8 Å². The highest BCUT2D eigenvalue weighted by Gasteiger charge is 2.20. The highest BCUT2D eigenvalue weighted by Crippen LogP contribution is 2.09. The van der Waals surface area contributed by atoms with Gasteiger partial charge in [-0.1, -0.05) is 0 Å². The minimum Gasteiger partial charge on any atom is -0.444 e. The Bertz CT molecular complexity index is 349. The lowest BCUT2D eigenvalue weighted by molar-refractivity contribution is 0.0264. The molecule has 0 unspecified atom stereocenters. The van der Waals surface area contributed by atoms with Crippen molar-refractivity contribution in [2.24, 2.45) is 4.99 Å². The van der Waals surface area contributed by atoms with Gasteiger partial charge in [0, 0.05) is 31.9 Å². The monoisotopic (exact) mass is 460 g/mol. The number of nitrogens with zero attached hydrogens (tertiary/aromatic N) is 2. The largest absolute Gasteiger partial charge is 0.444 e. The molecule has 0 aliphatic carbocycles. The zero-order valence-electron chi connectivity index (χ0n) is 15.3. The first-order valence-corrected chi connectivity index (χ1v) is 9.22. The molecule has 8 heteroatoms. The van der Waals surface area contributed by atoms with Crippen LogP contribution in [0, 0.1) is 0 Å². The predicted octanol–water partition coefficient (Wildman–Crippen LogP) is 2.78. The fourth-order valence-electron chi connectivity index (χ4n) is 1.60. The van der Waals surface area contributed by atoms with E-state index < -0.39 is 5.60 Å². The van der Waals surface area contributed by atoms with Crippen molar-refractivity contribution in [2.75, 3.05) is 44.7 Å². The molecule has 0 heterocycles. The minimum absolute atomic E-state index is 0. The van der Waals surface area contributed by atoms with Crippen LogP contribution < -0.4 is 10.6 Å². The van der Waals surface area contributed by atoms with Gasteiger partial charge in [-0.2, -0.15) is 11.8 Å². The first-order valence-electron chi connectivity index (χ1n) is 7.83. The van der Waals surface area contributed by atoms with E-state index >= 15 is 0 Å². The average molecular weight is 460 g/mol. The van der Waals surface area contributed by atoms with E-state index in [1.165, 1.54) is 0 Å². The number of hydrogen-bond acceptors (Lipinski definition) is 4. The number of nitrogens with one attached hydrogen (secondary N) is 2. The lowest BCUT2D eigenvalue weighted by Crippen LogP contribution is -2.44. The molecular formula is C15H33IN4O2S. The highest BCUT2D eigenvalue weighted by molar-refractivity contribution is 14.0. The Morgan fingerprint density at radius 2 is 1.91 bits per heavy atom. The number of amides is 1. The molecule has 0 aromatic heterocycles. The van der Waals surface area contributed by atoms with Crippen molar-refractivity contribution in [1.29, 1.82) is 0 Å². The summed E-state index contributed by atoms with van der Waals surface area (Å²) >= 11 is 1.77. The molecule has 138 valence electrons. The van der Waals surface area contributed by atoms with Crippen LogP contribution in [0.15, 0.2) is 4.99 Å². The Hall–Kier alpha value is -0.380. The Kier molecular flexibility index (Phi) is 15.1. The van der Waals surface area contributed by atoms with Gasteiger partial charge in [-0.3, -0.25) is 4.99 Å². The molecule has 6 nitrogen and oxygen atoms in total. The van der Waals surface area contributed by atoms with Crippen LogP contribution in [0.5, 0.6) is 0 Å². The molecule has 0 aliphatic heterocycles. The first kappa shape index (κ1) is 24.9. The summed E-state index contributed by atoms with van der Waals surface area (Å²) in [5.41, 5.74) is -0.466. The van der Waals surface area contributed by atoms with Crippen LogP contribution in [-0.2, 0) is 4.74 Å². The lowest BCUT2D eigenvalue weighted by atomic mass is 10.2. The molecule has 0 fully saturated rings. The molecule has 0 saturated heterocycles. The summed E-state index contributed by atoms with van der Waals surface area (Å²) < 4.78 is 5.39. The van der Waals surface area contributed by atoms with Gasteiger partial charge in [0.15, 0.2) is 5.96 Å². The molecule has 1 amide bonds. The fourth-order valence-corrected chi connectivity index (χ4v) is 1.88. The molecule has 0 bridgehead atoms. The van der Waals surface area contributed by atoms with Crippen LogP contribution in [-0.4, -0.2) is 67.3 Å². The quantitative estimate of drug-likeness (QED) is 0.253. The Labute approximate surface area is 162 Å². The molecule has 0 atom stereocenters. The molecular weight excluding hydrogens is 427 g/mol. The van der Waals surface area contributed by atoms with Gasteiger partial charge in [0.1, 0.15) is 5.60 Å². The minimum atomic E-state index is -0.466. The van der Waals surface area contributed by atoms with Gasteiger partial charge >= 0.3 is 6.09 Å². The lowest BCUT2D eigenvalue weighted by Gasteiger charge is -2.26. The SMILES string of the molecule is CCNC(=NCCSC)NCCN(CC)C(=O)OC(C)(C)C.I. The molecule has 0 aromatic rings. The molecule has 0 saturated carbocycles. The van der Waals surface area contributed by atoms with Gasteiger partial charge in [0.05, 0.1) is 6.54 Å². The first-order chi connectivity index (χ1) is 10.3. The number of aliphatic imine (C=N–C) groups is 1. The summed E-state index contributed by atoms with van der Waals surface area (Å²) in [6.45, 7) is 13.0. The van der Waals surface area contributed by atoms with Gasteiger partial charge in [0.25, 0.3) is 0 Å². The Balaban J connectivity index is 0. The second-order valence-corrected chi connectivity index (χ2v) is 6.73. The number of likely N-dealkylation sites (N-methyl/N-ethyl adjacent to an activating group) is 1. The summed E-state index contributed by atoms with van der Waals surface area (Å²) in [5.74, 6) is 1.78. The Morgan fingerprint density at radius 1 is 1.26 bits per heavy atom. The summed E-state index contributed by atoms with van der Waals surface area (Å²) in [7, 11) is 0. The highest BCUT2D eigenvalue weighted by atomic mass is 127. The smallest absolute Gasteiger partial charge is 0.410 e. The molecule has 2 N–H and O–H groups in total. The van der Waals surface area contributed by atoms with Crippen molar-refractivity contribution in [2.45, 2.75) is 40.2 Å². The van der Waals surface area contributed by atoms with Crippen molar-refractivity contribution in [3.05, 3.63) is 0 Å². The molecule has 0 rings (SSSR count). The number of carbonyl (C=O) groups excluding carboxylic acids is 1. The Morgan fingerprint density at radius 3 is 2.39 bits per heavy atom. The van der Waals surface area contributed by atoms with Crippen LogP contribution >= 0.6 is 35.7 Å². The number of hydrogen-bond donors (Lipinski definition) is 2. The zero-order valence-corrected chi connectivity index (χ0v) is 18.4. The summed E-state index contributed by atoms with van der Waals surface area (Å²) in [6, 6.07) is 0. The standard InChI is InChI=1S/C15H32N4O2S.HI/c1-7-16-13(18-10-12-22-6)17-9-11-19(8-2)14(20)21-15(3,4)5;/h7-12H2,1-6H3,(H2,16,17,18);1H. The average Bonchev–Trinajstić information content (AvgIpc) is 2.41. The number of carbonyl (C=O) groups is 1. The van der Waals surface area contributed by atoms with Gasteiger partial charge in [0.2, 0.25) is 0 Å². The summed E-state index contributed by atoms with van der Waals surface area (Å²) in [6.07, 6.45) is 1.79. The number of ether oxygens (including phenoxy) is 1. The summed E-state index contributed by atoms with van der Waals surface area (Å²) in [4.78, 5) is 18.2. The van der Waals surface area contributed by atoms with E-state index in [-0.39, 0.29) is 30.1 Å². The molecule has 0 radical (unpaired) electrons. The zero-order chi connectivity index (χ0) is 17.0. The van der Waals surface area contributed by atoms with E-state index in [1.807, 2.05) is 34.6 Å². The van der Waals surface area contributed by atoms with Crippen LogP contribution in [0.3, 0.4) is 0 Å². The molecule has 0 aliphatic rings. The third-order valence-electron chi connectivity index (χ3n) is 2.62. The van der Waals surface area contributed by atoms with Crippen LogP contribution in [0.1, 0.15) is 34.6 Å². The maximum Gasteiger partial charge on any atom is 0.410 e. The molecule has 0 spiro atoms. The number of rotatable bonds is 8. The second-order valence-electron chi connectivity index (χ2n) is 5.74. The van der Waals surface area contributed by atoms with Crippen molar-refractivity contribution in [1.82, 2.24) is 15.5 Å². The fraction of sp³-hybridized carbons (Fsp3) is 0.867. The van der Waals surface area contributed by atoms with Crippen LogP contribution in [0.2, 0.25) is 0 Å². The number of guanidine groups is 1. The predicted molar refractivity (Wildman–Crippen MR) is 111 cm³/mol. The second kappa shape index (κ2) is 14.0. The third-order valence-corrected chi connectivity index (χ3v) is 3.21. The number of halogens is 1. The van der Waals surface area contributed by atoms with Crippen molar-refractivity contribution in [3.8, 4) is 0 Å². The van der Waals surface area contributed by atoms with Gasteiger partial charge in [-0.15, -0.1) is 24.0 Å². The van der Waals surface area contributed by atoms with Gasteiger partial charge in [-0.25, -0.2) is 4.79 Å². The van der Waals surface area contributed by atoms with Gasteiger partial charge < -0.3 is 20.3 Å². The number of thioether (sulfide) groups is 1. The van der Waals surface area contributed by atoms with Crippen LogP contribution in [0.25, 0.3) is 0 Å². The van der Waals surface area contributed by atoms with Crippen molar-refractivity contribution in [3.63, 3.8) is 0 Å². The van der Waals surface area contributed by atoms with E-state index in [1.54, 1.807) is 16.7 Å². The van der Waals surface area contributed by atoms with Crippen LogP contribution in [0.4, 0.5) is 4.79 Å². The van der Waals surface area contributed by atoms with E-state index in [2.05, 4.69) is 21.9 Å². The van der Waals surface area contributed by atoms with Crippen molar-refractivity contribution < 1.29 is 9.53 Å². The van der Waals surface area contributed by atoms with E-state index in [0.717, 1.165) is 24.8 Å². The van der Waals surface area contributed by atoms with E-state index in [4.69, 9.17) is 4.74 Å². The topological polar surface area (TPSA) is 66.0 Å². The third kappa shape index (κ3) is 13.7. The molecule has 23 heavy (non-hydrogen) atoms.